The molecule has 1 aliphatic rings. The van der Waals surface area contributed by atoms with E-state index in [9.17, 15) is 0 Å². The van der Waals surface area contributed by atoms with E-state index in [0.717, 1.165) is 12.5 Å². The van der Waals surface area contributed by atoms with Crippen molar-refractivity contribution in [2.45, 2.75) is 52.6 Å². The van der Waals surface area contributed by atoms with Gasteiger partial charge in [-0.2, -0.15) is 0 Å². The summed E-state index contributed by atoms with van der Waals surface area (Å²) in [6.45, 7) is 10.1. The molecule has 1 atom stereocenters. The van der Waals surface area contributed by atoms with Crippen molar-refractivity contribution in [2.75, 3.05) is 18.0 Å². The van der Waals surface area contributed by atoms with Crippen LogP contribution in [0.4, 0.5) is 5.69 Å². The number of nitrogens with zero attached hydrogens (tertiary/aromatic N) is 1. The van der Waals surface area contributed by atoms with Crippen LogP contribution in [0.2, 0.25) is 0 Å². The zero-order chi connectivity index (χ0) is 13.7. The van der Waals surface area contributed by atoms with Gasteiger partial charge in [-0.15, -0.1) is 0 Å². The third kappa shape index (κ3) is 4.24. The van der Waals surface area contributed by atoms with Crippen molar-refractivity contribution in [1.29, 1.82) is 0 Å². The van der Waals surface area contributed by atoms with Crippen molar-refractivity contribution in [3.05, 3.63) is 29.8 Å². The Morgan fingerprint density at radius 1 is 1.26 bits per heavy atom. The number of hydrogen-bond acceptors (Lipinski definition) is 2. The molecular weight excluding hydrogens is 232 g/mol. The first-order valence-corrected chi connectivity index (χ1v) is 7.76. The maximum atomic E-state index is 3.46. The molecule has 2 rings (SSSR count). The van der Waals surface area contributed by atoms with E-state index in [-0.39, 0.29) is 0 Å². The molecule has 1 saturated heterocycles. The first kappa shape index (κ1) is 14.4. The number of piperidine rings is 1. The minimum absolute atomic E-state index is 0.548. The zero-order valence-electron chi connectivity index (χ0n) is 12.7. The van der Waals surface area contributed by atoms with Gasteiger partial charge in [-0.1, -0.05) is 39.3 Å². The highest BCUT2D eigenvalue weighted by Crippen LogP contribution is 2.25. The Labute approximate surface area is 118 Å². The van der Waals surface area contributed by atoms with Crippen molar-refractivity contribution in [3.63, 3.8) is 0 Å². The standard InChI is InChI=1S/C17H28N2/c1-4-15-6-5-11-19(13-15)17-9-7-16(8-10-17)12-18-14(2)3/h7-10,14-15,18H,4-6,11-13H2,1-3H3. The van der Waals surface area contributed by atoms with Crippen LogP contribution in [0.25, 0.3) is 0 Å². The first-order valence-electron chi connectivity index (χ1n) is 7.76. The molecule has 106 valence electrons. The SMILES string of the molecule is CCC1CCCN(c2ccc(CNC(C)C)cc2)C1. The largest absolute Gasteiger partial charge is 0.371 e. The fourth-order valence-corrected chi connectivity index (χ4v) is 2.78. The Morgan fingerprint density at radius 2 is 2.00 bits per heavy atom. The number of nitrogens with one attached hydrogen (secondary N) is 1. The second-order valence-electron chi connectivity index (χ2n) is 6.06. The normalized spacial score (nSPS) is 20.0. The van der Waals surface area contributed by atoms with Crippen LogP contribution in [0.3, 0.4) is 0 Å². The van der Waals surface area contributed by atoms with Crippen molar-refractivity contribution in [1.82, 2.24) is 5.32 Å². The maximum Gasteiger partial charge on any atom is 0.0366 e. The van der Waals surface area contributed by atoms with Crippen LogP contribution in [0.5, 0.6) is 0 Å². The highest BCUT2D eigenvalue weighted by atomic mass is 15.1. The van der Waals surface area contributed by atoms with Gasteiger partial charge in [-0.05, 0) is 36.5 Å². The molecule has 1 aliphatic heterocycles. The van der Waals surface area contributed by atoms with Gasteiger partial charge in [0.1, 0.15) is 0 Å². The molecule has 0 aromatic heterocycles. The monoisotopic (exact) mass is 260 g/mol. The maximum absolute atomic E-state index is 3.46. The molecule has 0 amide bonds. The second kappa shape index (κ2) is 6.95. The molecule has 19 heavy (non-hydrogen) atoms. The lowest BCUT2D eigenvalue weighted by atomic mass is 9.95. The highest BCUT2D eigenvalue weighted by Gasteiger charge is 2.18. The molecule has 1 unspecified atom stereocenters. The van der Waals surface area contributed by atoms with E-state index >= 15 is 0 Å². The Balaban J connectivity index is 1.93. The van der Waals surface area contributed by atoms with Crippen LogP contribution in [0.1, 0.15) is 45.6 Å². The predicted octanol–water partition coefficient (Wildman–Crippen LogP) is 3.81. The summed E-state index contributed by atoms with van der Waals surface area (Å²) in [7, 11) is 0. The van der Waals surface area contributed by atoms with Gasteiger partial charge in [-0.3, -0.25) is 0 Å². The van der Waals surface area contributed by atoms with Gasteiger partial charge in [0, 0.05) is 31.4 Å². The van der Waals surface area contributed by atoms with E-state index in [1.165, 1.54) is 43.6 Å². The molecule has 2 heteroatoms. The van der Waals surface area contributed by atoms with E-state index < -0.39 is 0 Å². The summed E-state index contributed by atoms with van der Waals surface area (Å²) < 4.78 is 0. The van der Waals surface area contributed by atoms with Gasteiger partial charge < -0.3 is 10.2 Å². The quantitative estimate of drug-likeness (QED) is 0.866. The predicted molar refractivity (Wildman–Crippen MR) is 83.6 cm³/mol. The molecule has 0 bridgehead atoms. The molecule has 1 heterocycles. The molecule has 1 aromatic rings. The van der Waals surface area contributed by atoms with Crippen molar-refractivity contribution < 1.29 is 0 Å². The average Bonchev–Trinajstić information content (AvgIpc) is 2.45. The minimum atomic E-state index is 0.548. The molecular formula is C17H28N2. The molecule has 1 fully saturated rings. The van der Waals surface area contributed by atoms with Crippen LogP contribution in [0.15, 0.2) is 24.3 Å². The number of benzene rings is 1. The average molecular weight is 260 g/mol. The van der Waals surface area contributed by atoms with Crippen LogP contribution in [-0.4, -0.2) is 19.1 Å². The van der Waals surface area contributed by atoms with Gasteiger partial charge in [0.15, 0.2) is 0 Å². The third-order valence-electron chi connectivity index (χ3n) is 4.11. The first-order chi connectivity index (χ1) is 9.19. The summed E-state index contributed by atoms with van der Waals surface area (Å²) in [6.07, 6.45) is 4.06. The molecule has 0 radical (unpaired) electrons. The van der Waals surface area contributed by atoms with Gasteiger partial charge in [0.2, 0.25) is 0 Å². The molecule has 0 aliphatic carbocycles. The van der Waals surface area contributed by atoms with Crippen LogP contribution >= 0.6 is 0 Å². The van der Waals surface area contributed by atoms with E-state index in [1.54, 1.807) is 0 Å². The van der Waals surface area contributed by atoms with E-state index in [4.69, 9.17) is 0 Å². The lowest BCUT2D eigenvalue weighted by Gasteiger charge is -2.34. The molecule has 0 saturated carbocycles. The Bertz CT molecular complexity index is 369. The summed E-state index contributed by atoms with van der Waals surface area (Å²) in [6, 6.07) is 9.65. The van der Waals surface area contributed by atoms with Crippen LogP contribution < -0.4 is 10.2 Å². The summed E-state index contributed by atoms with van der Waals surface area (Å²) >= 11 is 0. The summed E-state index contributed by atoms with van der Waals surface area (Å²) in [5.74, 6) is 0.885. The Morgan fingerprint density at radius 3 is 2.63 bits per heavy atom. The number of hydrogen-bond donors (Lipinski definition) is 1. The van der Waals surface area contributed by atoms with Crippen LogP contribution in [0, 0.1) is 5.92 Å². The Hall–Kier alpha value is -1.02. The lowest BCUT2D eigenvalue weighted by Crippen LogP contribution is -2.35. The molecule has 1 aromatic carbocycles. The summed E-state index contributed by atoms with van der Waals surface area (Å²) in [4.78, 5) is 2.55. The van der Waals surface area contributed by atoms with Crippen molar-refractivity contribution in [3.8, 4) is 0 Å². The van der Waals surface area contributed by atoms with E-state index in [1.807, 2.05) is 0 Å². The summed E-state index contributed by atoms with van der Waals surface area (Å²) in [5, 5.41) is 3.46. The number of rotatable bonds is 5. The molecule has 0 spiro atoms. The smallest absolute Gasteiger partial charge is 0.0366 e. The molecule has 1 N–H and O–H groups in total. The van der Waals surface area contributed by atoms with Gasteiger partial charge in [0.05, 0.1) is 0 Å². The number of anilines is 1. The lowest BCUT2D eigenvalue weighted by molar-refractivity contribution is 0.405. The fraction of sp³-hybridized carbons (Fsp3) is 0.647. The Kier molecular flexibility index (Phi) is 5.26. The summed E-state index contributed by atoms with van der Waals surface area (Å²) in [5.41, 5.74) is 2.77. The highest BCUT2D eigenvalue weighted by molar-refractivity contribution is 5.48. The van der Waals surface area contributed by atoms with E-state index in [2.05, 4.69) is 55.3 Å². The minimum Gasteiger partial charge on any atom is -0.371 e. The fourth-order valence-electron chi connectivity index (χ4n) is 2.78. The topological polar surface area (TPSA) is 15.3 Å². The second-order valence-corrected chi connectivity index (χ2v) is 6.06. The van der Waals surface area contributed by atoms with Gasteiger partial charge >= 0.3 is 0 Å². The molecule has 2 nitrogen and oxygen atoms in total. The zero-order valence-corrected chi connectivity index (χ0v) is 12.7. The van der Waals surface area contributed by atoms with E-state index in [0.29, 0.717) is 6.04 Å². The van der Waals surface area contributed by atoms with Gasteiger partial charge in [0.25, 0.3) is 0 Å². The van der Waals surface area contributed by atoms with Crippen LogP contribution in [-0.2, 0) is 6.54 Å². The third-order valence-corrected chi connectivity index (χ3v) is 4.11. The van der Waals surface area contributed by atoms with Gasteiger partial charge in [-0.25, -0.2) is 0 Å². The van der Waals surface area contributed by atoms with Crippen molar-refractivity contribution in [2.24, 2.45) is 5.92 Å². The van der Waals surface area contributed by atoms with Crippen molar-refractivity contribution >= 4 is 5.69 Å².